The molecule has 5 rings (SSSR count). The molecule has 0 aromatic heterocycles. The predicted molar refractivity (Wildman–Crippen MR) is 125 cm³/mol. The fraction of sp³-hybridized carbons (Fsp3) is 0.519. The van der Waals surface area contributed by atoms with Gasteiger partial charge in [0.25, 0.3) is 0 Å². The zero-order valence-corrected chi connectivity index (χ0v) is 18.5. The van der Waals surface area contributed by atoms with Gasteiger partial charge in [-0.3, -0.25) is 9.69 Å². The summed E-state index contributed by atoms with van der Waals surface area (Å²) in [5, 5.41) is 3.33. The van der Waals surface area contributed by atoms with Gasteiger partial charge in [0.05, 0.1) is 12.0 Å². The highest BCUT2D eigenvalue weighted by molar-refractivity contribution is 5.80. The number of amides is 1. The standard InChI is InChI=1S/C27H35N3O/c31-27(28-18-23-14-9-17-29-16-8-7-15-25(23)29)24-19-30(20-24)26(21-10-3-1-4-11-21)22-12-5-2-6-13-22/h1-6,10-13,23-26H,7-9,14-20H2,(H,28,31). The number of piperidine rings is 2. The summed E-state index contributed by atoms with van der Waals surface area (Å²) in [5.41, 5.74) is 2.60. The van der Waals surface area contributed by atoms with Gasteiger partial charge in [0, 0.05) is 25.7 Å². The Bertz CT molecular complexity index is 808. The van der Waals surface area contributed by atoms with Crippen LogP contribution in [0.25, 0.3) is 0 Å². The summed E-state index contributed by atoms with van der Waals surface area (Å²) in [6.07, 6.45) is 6.56. The van der Waals surface area contributed by atoms with Crippen LogP contribution in [0.2, 0.25) is 0 Å². The summed E-state index contributed by atoms with van der Waals surface area (Å²) >= 11 is 0. The van der Waals surface area contributed by atoms with Gasteiger partial charge in [0.15, 0.2) is 0 Å². The molecule has 2 unspecified atom stereocenters. The van der Waals surface area contributed by atoms with Crippen molar-refractivity contribution in [3.8, 4) is 0 Å². The first-order valence-corrected chi connectivity index (χ1v) is 12.2. The van der Waals surface area contributed by atoms with Crippen molar-refractivity contribution in [2.24, 2.45) is 11.8 Å². The molecule has 0 radical (unpaired) electrons. The summed E-state index contributed by atoms with van der Waals surface area (Å²) in [4.78, 5) is 18.0. The number of nitrogens with zero attached hydrogens (tertiary/aromatic N) is 2. The lowest BCUT2D eigenvalue weighted by atomic mass is 9.83. The normalized spacial score (nSPS) is 25.1. The average Bonchev–Trinajstić information content (AvgIpc) is 2.80. The van der Waals surface area contributed by atoms with Crippen LogP contribution >= 0.6 is 0 Å². The van der Waals surface area contributed by atoms with Gasteiger partial charge in [-0.05, 0) is 55.8 Å². The smallest absolute Gasteiger partial charge is 0.225 e. The number of nitrogens with one attached hydrogen (secondary N) is 1. The molecule has 0 bridgehead atoms. The molecule has 2 aromatic carbocycles. The lowest BCUT2D eigenvalue weighted by Crippen LogP contribution is -2.56. The fourth-order valence-electron chi connectivity index (χ4n) is 5.97. The minimum Gasteiger partial charge on any atom is -0.355 e. The molecule has 3 aliphatic heterocycles. The maximum absolute atomic E-state index is 12.9. The number of carbonyl (C=O) groups excluding carboxylic acids is 1. The lowest BCUT2D eigenvalue weighted by Gasteiger charge is -2.45. The molecule has 31 heavy (non-hydrogen) atoms. The monoisotopic (exact) mass is 417 g/mol. The summed E-state index contributed by atoms with van der Waals surface area (Å²) in [6, 6.07) is 22.3. The van der Waals surface area contributed by atoms with E-state index in [0.29, 0.717) is 12.0 Å². The van der Waals surface area contributed by atoms with Crippen LogP contribution in [0, 0.1) is 11.8 Å². The second-order valence-electron chi connectivity index (χ2n) is 9.62. The van der Waals surface area contributed by atoms with Gasteiger partial charge >= 0.3 is 0 Å². The van der Waals surface area contributed by atoms with Gasteiger partial charge in [-0.15, -0.1) is 0 Å². The number of hydrogen-bond donors (Lipinski definition) is 1. The van der Waals surface area contributed by atoms with Crippen LogP contribution in [0.4, 0.5) is 0 Å². The zero-order valence-electron chi connectivity index (χ0n) is 18.5. The van der Waals surface area contributed by atoms with Gasteiger partial charge in [-0.25, -0.2) is 0 Å². The molecule has 1 N–H and O–H groups in total. The van der Waals surface area contributed by atoms with E-state index in [2.05, 4.69) is 75.8 Å². The van der Waals surface area contributed by atoms with Gasteiger partial charge in [-0.1, -0.05) is 67.1 Å². The Kier molecular flexibility index (Phi) is 6.37. The van der Waals surface area contributed by atoms with E-state index >= 15 is 0 Å². The van der Waals surface area contributed by atoms with E-state index in [9.17, 15) is 4.79 Å². The molecule has 2 aromatic rings. The van der Waals surface area contributed by atoms with Crippen LogP contribution in [0.5, 0.6) is 0 Å². The zero-order chi connectivity index (χ0) is 21.0. The molecule has 3 heterocycles. The van der Waals surface area contributed by atoms with Crippen molar-refractivity contribution in [3.05, 3.63) is 71.8 Å². The Labute approximate surface area is 186 Å². The fourth-order valence-corrected chi connectivity index (χ4v) is 5.97. The van der Waals surface area contributed by atoms with Gasteiger partial charge in [-0.2, -0.15) is 0 Å². The van der Waals surface area contributed by atoms with E-state index in [0.717, 1.165) is 19.6 Å². The minimum absolute atomic E-state index is 0.112. The maximum atomic E-state index is 12.9. The first-order valence-electron chi connectivity index (χ1n) is 12.2. The molecule has 2 atom stereocenters. The van der Waals surface area contributed by atoms with E-state index < -0.39 is 0 Å². The van der Waals surface area contributed by atoms with Crippen molar-refractivity contribution in [2.45, 2.75) is 44.2 Å². The van der Waals surface area contributed by atoms with Crippen LogP contribution in [-0.2, 0) is 4.79 Å². The summed E-state index contributed by atoms with van der Waals surface area (Å²) in [5.74, 6) is 1.00. The largest absolute Gasteiger partial charge is 0.355 e. The van der Waals surface area contributed by atoms with Crippen LogP contribution in [0.1, 0.15) is 49.3 Å². The lowest BCUT2D eigenvalue weighted by molar-refractivity contribution is -0.131. The summed E-state index contributed by atoms with van der Waals surface area (Å²) < 4.78 is 0. The molecule has 1 amide bonds. The molecule has 164 valence electrons. The maximum Gasteiger partial charge on any atom is 0.225 e. The molecule has 3 aliphatic rings. The Morgan fingerprint density at radius 1 is 0.871 bits per heavy atom. The highest BCUT2D eigenvalue weighted by atomic mass is 16.2. The van der Waals surface area contributed by atoms with E-state index in [1.54, 1.807) is 0 Å². The molecule has 0 spiro atoms. The molecule has 0 aliphatic carbocycles. The summed E-state index contributed by atoms with van der Waals surface area (Å²) in [6.45, 7) is 5.04. The summed E-state index contributed by atoms with van der Waals surface area (Å²) in [7, 11) is 0. The van der Waals surface area contributed by atoms with Crippen molar-refractivity contribution < 1.29 is 4.79 Å². The third-order valence-corrected chi connectivity index (χ3v) is 7.64. The third-order valence-electron chi connectivity index (χ3n) is 7.64. The van der Waals surface area contributed by atoms with Gasteiger partial charge in [0.1, 0.15) is 0 Å². The van der Waals surface area contributed by atoms with E-state index in [4.69, 9.17) is 0 Å². The topological polar surface area (TPSA) is 35.6 Å². The first-order chi connectivity index (χ1) is 15.3. The Balaban J connectivity index is 1.18. The minimum atomic E-state index is 0.112. The van der Waals surface area contributed by atoms with Crippen molar-refractivity contribution in [1.82, 2.24) is 15.1 Å². The van der Waals surface area contributed by atoms with Crippen molar-refractivity contribution in [3.63, 3.8) is 0 Å². The molecule has 4 nitrogen and oxygen atoms in total. The predicted octanol–water partition coefficient (Wildman–Crippen LogP) is 4.09. The van der Waals surface area contributed by atoms with Crippen molar-refractivity contribution in [1.29, 1.82) is 0 Å². The van der Waals surface area contributed by atoms with E-state index in [-0.39, 0.29) is 17.9 Å². The number of hydrogen-bond acceptors (Lipinski definition) is 3. The highest BCUT2D eigenvalue weighted by Gasteiger charge is 2.39. The van der Waals surface area contributed by atoms with Crippen molar-refractivity contribution in [2.75, 3.05) is 32.7 Å². The highest BCUT2D eigenvalue weighted by Crippen LogP contribution is 2.35. The average molecular weight is 418 g/mol. The van der Waals surface area contributed by atoms with E-state index in [1.807, 2.05) is 0 Å². The second-order valence-corrected chi connectivity index (χ2v) is 9.62. The number of carbonyl (C=O) groups is 1. The number of fused-ring (bicyclic) bond motifs is 1. The molecular weight excluding hydrogens is 382 g/mol. The van der Waals surface area contributed by atoms with Crippen LogP contribution < -0.4 is 5.32 Å². The SMILES string of the molecule is O=C(NCC1CCCN2CCCCC12)C1CN(C(c2ccccc2)c2ccccc2)C1. The van der Waals surface area contributed by atoms with E-state index in [1.165, 1.54) is 56.3 Å². The van der Waals surface area contributed by atoms with Gasteiger partial charge in [0.2, 0.25) is 5.91 Å². The van der Waals surface area contributed by atoms with Crippen LogP contribution in [0.3, 0.4) is 0 Å². The second kappa shape index (κ2) is 9.54. The molecule has 4 heteroatoms. The molecular formula is C27H35N3O. The van der Waals surface area contributed by atoms with Gasteiger partial charge < -0.3 is 10.2 Å². The van der Waals surface area contributed by atoms with Crippen LogP contribution in [0.15, 0.2) is 60.7 Å². The molecule has 3 saturated heterocycles. The quantitative estimate of drug-likeness (QED) is 0.769. The number of likely N-dealkylation sites (tertiary alicyclic amines) is 1. The third kappa shape index (κ3) is 4.56. The first kappa shape index (κ1) is 20.7. The van der Waals surface area contributed by atoms with Crippen LogP contribution in [-0.4, -0.2) is 54.5 Å². The number of rotatable bonds is 6. The molecule has 0 saturated carbocycles. The Morgan fingerprint density at radius 3 is 2.19 bits per heavy atom. The Hall–Kier alpha value is -2.17. The Morgan fingerprint density at radius 2 is 1.52 bits per heavy atom. The molecule has 3 fully saturated rings. The van der Waals surface area contributed by atoms with Crippen molar-refractivity contribution >= 4 is 5.91 Å². The number of benzene rings is 2.